The highest BCUT2D eigenvalue weighted by atomic mass is 79.9. The van der Waals surface area contributed by atoms with Gasteiger partial charge in [-0.2, -0.15) is 0 Å². The van der Waals surface area contributed by atoms with E-state index in [2.05, 4.69) is 31.9 Å². The SMILES string of the molecule is COc1cc([C@H]2C3=CC[C@@H]4C(=O)N(c5ccc(Br)cc5)C(=O)[C@@H]4[C@@H]3CC3=C2C(=O)C=C(C)C3=O)cc(Br)c1O. The van der Waals surface area contributed by atoms with Crippen molar-refractivity contribution in [2.45, 2.75) is 25.7 Å². The number of carbonyl (C=O) groups excluding carboxylic acids is 4. The number of nitrogens with zero attached hydrogens (tertiary/aromatic N) is 1. The predicted molar refractivity (Wildman–Crippen MR) is 150 cm³/mol. The van der Waals surface area contributed by atoms with Gasteiger partial charge in [-0.1, -0.05) is 27.6 Å². The van der Waals surface area contributed by atoms with E-state index in [1.165, 1.54) is 18.1 Å². The van der Waals surface area contributed by atoms with Gasteiger partial charge in [0.1, 0.15) is 0 Å². The summed E-state index contributed by atoms with van der Waals surface area (Å²) in [5.41, 5.74) is 3.11. The number of hydrogen-bond acceptors (Lipinski definition) is 6. The quantitative estimate of drug-likeness (QED) is 0.265. The Morgan fingerprint density at radius 1 is 1.00 bits per heavy atom. The summed E-state index contributed by atoms with van der Waals surface area (Å²) < 4.78 is 6.59. The van der Waals surface area contributed by atoms with Crippen molar-refractivity contribution in [3.63, 3.8) is 0 Å². The molecule has 0 radical (unpaired) electrons. The van der Waals surface area contributed by atoms with Gasteiger partial charge in [0, 0.05) is 27.1 Å². The van der Waals surface area contributed by atoms with Gasteiger partial charge in [0.05, 0.1) is 29.1 Å². The first-order valence-electron chi connectivity index (χ1n) is 12.5. The second-order valence-electron chi connectivity index (χ2n) is 10.3. The summed E-state index contributed by atoms with van der Waals surface area (Å²) in [6.07, 6.45) is 3.89. The number of fused-ring (bicyclic) bond motifs is 3. The average Bonchev–Trinajstić information content (AvgIpc) is 3.18. The number of anilines is 1. The molecule has 3 aliphatic carbocycles. The summed E-state index contributed by atoms with van der Waals surface area (Å²) in [4.78, 5) is 55.6. The number of benzene rings is 2. The van der Waals surface area contributed by atoms with Crippen LogP contribution in [0.5, 0.6) is 11.5 Å². The predicted octanol–water partition coefficient (Wildman–Crippen LogP) is 5.56. The second kappa shape index (κ2) is 9.41. The highest BCUT2D eigenvalue weighted by Crippen LogP contribution is 2.56. The van der Waals surface area contributed by atoms with Gasteiger partial charge in [-0.05, 0) is 89.7 Å². The topological polar surface area (TPSA) is 101 Å². The standard InChI is InChI=1S/C30H23Br2NO6/c1-13-9-22(34)26-20(27(13)35)12-19-17(24(26)14-10-21(32)28(36)23(11-14)39-2)7-8-18-25(19)30(38)33(29(18)37)16-5-3-15(31)4-6-16/h3-7,9-11,18-19,24-25,36H,8,12H2,1-2H3/t18-,19+,24-,25-/m0/s1. The molecule has 4 atom stereocenters. The van der Waals surface area contributed by atoms with E-state index in [4.69, 9.17) is 4.74 Å². The van der Waals surface area contributed by atoms with Gasteiger partial charge in [0.15, 0.2) is 23.1 Å². The Kier molecular flexibility index (Phi) is 6.26. The number of ketones is 2. The molecule has 1 saturated heterocycles. The number of aromatic hydroxyl groups is 1. The molecule has 0 unspecified atom stereocenters. The zero-order valence-electron chi connectivity index (χ0n) is 21.0. The van der Waals surface area contributed by atoms with Crippen LogP contribution in [0.25, 0.3) is 0 Å². The molecule has 9 heteroatoms. The normalized spacial score (nSPS) is 26.2. The summed E-state index contributed by atoms with van der Waals surface area (Å²) in [5, 5.41) is 10.4. The maximum atomic E-state index is 13.9. The molecule has 0 spiro atoms. The molecule has 1 heterocycles. The van der Waals surface area contributed by atoms with Crippen LogP contribution in [-0.4, -0.2) is 35.6 Å². The monoisotopic (exact) mass is 651 g/mol. The highest BCUT2D eigenvalue weighted by molar-refractivity contribution is 9.10. The highest BCUT2D eigenvalue weighted by Gasteiger charge is 2.56. The number of phenols is 1. The first-order valence-corrected chi connectivity index (χ1v) is 14.1. The zero-order valence-corrected chi connectivity index (χ0v) is 24.2. The number of ether oxygens (including phenoxy) is 1. The number of imide groups is 1. The van der Waals surface area contributed by atoms with E-state index in [1.54, 1.807) is 43.3 Å². The Labute approximate surface area is 241 Å². The van der Waals surface area contributed by atoms with Crippen molar-refractivity contribution in [2.24, 2.45) is 17.8 Å². The summed E-state index contributed by atoms with van der Waals surface area (Å²) in [6.45, 7) is 1.62. The number of hydrogen-bond donors (Lipinski definition) is 1. The lowest BCUT2D eigenvalue weighted by Crippen LogP contribution is -2.39. The van der Waals surface area contributed by atoms with Crippen molar-refractivity contribution in [3.8, 4) is 11.5 Å². The number of rotatable bonds is 3. The van der Waals surface area contributed by atoms with E-state index in [-0.39, 0.29) is 41.3 Å². The van der Waals surface area contributed by atoms with Gasteiger partial charge < -0.3 is 9.84 Å². The molecule has 1 fully saturated rings. The minimum atomic E-state index is -0.658. The van der Waals surface area contributed by atoms with E-state index >= 15 is 0 Å². The van der Waals surface area contributed by atoms with Crippen LogP contribution in [0.1, 0.15) is 31.2 Å². The van der Waals surface area contributed by atoms with Crippen LogP contribution in [0.15, 0.2) is 79.8 Å². The lowest BCUT2D eigenvalue weighted by molar-refractivity contribution is -0.123. The van der Waals surface area contributed by atoms with E-state index in [0.717, 1.165) is 10.0 Å². The fourth-order valence-corrected chi connectivity index (χ4v) is 7.25. The maximum absolute atomic E-state index is 13.9. The molecule has 2 aromatic rings. The van der Waals surface area contributed by atoms with Crippen molar-refractivity contribution in [1.29, 1.82) is 0 Å². The van der Waals surface area contributed by atoms with Crippen LogP contribution in [-0.2, 0) is 19.2 Å². The fourth-order valence-electron chi connectivity index (χ4n) is 6.52. The Morgan fingerprint density at radius 2 is 1.72 bits per heavy atom. The molecule has 1 N–H and O–H groups in total. The largest absolute Gasteiger partial charge is 0.503 e. The van der Waals surface area contributed by atoms with Crippen molar-refractivity contribution >= 4 is 60.9 Å². The Balaban J connectivity index is 1.51. The second-order valence-corrected chi connectivity index (χ2v) is 12.0. The number of amides is 2. The van der Waals surface area contributed by atoms with Crippen LogP contribution in [0.4, 0.5) is 5.69 Å². The van der Waals surface area contributed by atoms with Crippen LogP contribution >= 0.6 is 31.9 Å². The van der Waals surface area contributed by atoms with Gasteiger partial charge in [-0.15, -0.1) is 0 Å². The van der Waals surface area contributed by atoms with E-state index < -0.39 is 23.7 Å². The Bertz CT molecular complexity index is 1590. The molecular weight excluding hydrogens is 630 g/mol. The van der Waals surface area contributed by atoms with Crippen LogP contribution in [0.3, 0.4) is 0 Å². The molecular formula is C30H23Br2NO6. The number of halogens is 2. The average molecular weight is 653 g/mol. The first kappa shape index (κ1) is 26.0. The molecule has 6 rings (SSSR count). The fraction of sp³-hybridized carbons (Fsp3) is 0.267. The molecule has 198 valence electrons. The number of phenolic OH excluding ortho intramolecular Hbond substituents is 1. The third-order valence-electron chi connectivity index (χ3n) is 8.25. The van der Waals surface area contributed by atoms with E-state index in [0.29, 0.717) is 38.9 Å². The van der Waals surface area contributed by atoms with Gasteiger partial charge in [0.2, 0.25) is 11.8 Å². The summed E-state index contributed by atoms with van der Waals surface area (Å²) >= 11 is 6.77. The summed E-state index contributed by atoms with van der Waals surface area (Å²) in [5.74, 6) is -3.16. The molecule has 0 bridgehead atoms. The number of allylic oxidation sites excluding steroid dienone is 6. The van der Waals surface area contributed by atoms with Crippen molar-refractivity contribution in [1.82, 2.24) is 0 Å². The van der Waals surface area contributed by atoms with Gasteiger partial charge in [-0.25, -0.2) is 0 Å². The maximum Gasteiger partial charge on any atom is 0.238 e. The van der Waals surface area contributed by atoms with Crippen LogP contribution in [0, 0.1) is 17.8 Å². The minimum Gasteiger partial charge on any atom is -0.503 e. The molecule has 0 aromatic heterocycles. The van der Waals surface area contributed by atoms with Crippen molar-refractivity contribution < 1.29 is 29.0 Å². The molecule has 7 nitrogen and oxygen atoms in total. The smallest absolute Gasteiger partial charge is 0.238 e. The third-order valence-corrected chi connectivity index (χ3v) is 9.38. The summed E-state index contributed by atoms with van der Waals surface area (Å²) in [6, 6.07) is 10.4. The van der Waals surface area contributed by atoms with Crippen molar-refractivity contribution in [2.75, 3.05) is 12.0 Å². The minimum absolute atomic E-state index is 0.0796. The summed E-state index contributed by atoms with van der Waals surface area (Å²) in [7, 11) is 1.44. The first-order chi connectivity index (χ1) is 18.6. The van der Waals surface area contributed by atoms with E-state index in [1.807, 2.05) is 6.08 Å². The van der Waals surface area contributed by atoms with Gasteiger partial charge in [-0.3, -0.25) is 24.1 Å². The molecule has 1 aliphatic heterocycles. The molecule has 2 amide bonds. The Morgan fingerprint density at radius 3 is 2.41 bits per heavy atom. The number of Topliss-reactive ketones (excluding diaryl/α,β-unsaturated/α-hetero) is 1. The Hall–Kier alpha value is -3.30. The lowest BCUT2D eigenvalue weighted by atomic mass is 9.59. The van der Waals surface area contributed by atoms with Crippen molar-refractivity contribution in [3.05, 3.63) is 85.4 Å². The molecule has 4 aliphatic rings. The number of carbonyl (C=O) groups is 4. The zero-order chi connectivity index (χ0) is 27.7. The third kappa shape index (κ3) is 3.89. The van der Waals surface area contributed by atoms with Crippen LogP contribution in [0.2, 0.25) is 0 Å². The molecule has 39 heavy (non-hydrogen) atoms. The van der Waals surface area contributed by atoms with E-state index in [9.17, 15) is 24.3 Å². The number of methoxy groups -OCH3 is 1. The molecule has 2 aromatic carbocycles. The lowest BCUT2D eigenvalue weighted by Gasteiger charge is -2.42. The van der Waals surface area contributed by atoms with Crippen LogP contribution < -0.4 is 9.64 Å². The van der Waals surface area contributed by atoms with Gasteiger partial charge in [0.25, 0.3) is 0 Å². The van der Waals surface area contributed by atoms with Gasteiger partial charge >= 0.3 is 0 Å². The molecule has 0 saturated carbocycles.